The maximum Gasteiger partial charge on any atom is 0.161 e. The normalized spacial score (nSPS) is 12.1. The average molecular weight is 289 g/mol. The smallest absolute Gasteiger partial charge is 0.161 e. The second-order valence-corrected chi connectivity index (χ2v) is 4.96. The van der Waals surface area contributed by atoms with Crippen LogP contribution in [0, 0.1) is 0 Å². The molecule has 0 bridgehead atoms. The topological polar surface area (TPSA) is 48.3 Å². The molecule has 0 aliphatic carbocycles. The third-order valence-corrected chi connectivity index (χ3v) is 3.23. The van der Waals surface area contributed by atoms with Crippen LogP contribution in [-0.2, 0) is 13.1 Å². The summed E-state index contributed by atoms with van der Waals surface area (Å²) >= 11 is 0. The average Bonchev–Trinajstić information content (AvgIpc) is 2.98. The maximum atomic E-state index is 5.60. The van der Waals surface area contributed by atoms with E-state index in [1.165, 1.54) is 5.56 Å². The summed E-state index contributed by atoms with van der Waals surface area (Å²) in [6.45, 7) is 6.45. The third kappa shape index (κ3) is 4.49. The highest BCUT2D eigenvalue weighted by Crippen LogP contribution is 2.27. The molecule has 5 nitrogen and oxygen atoms in total. The molecule has 1 unspecified atom stereocenters. The number of rotatable bonds is 8. The van der Waals surface area contributed by atoms with Crippen LogP contribution in [0.2, 0.25) is 0 Å². The Balaban J connectivity index is 1.91. The lowest BCUT2D eigenvalue weighted by Gasteiger charge is -2.16. The number of benzene rings is 1. The van der Waals surface area contributed by atoms with Gasteiger partial charge in [0.25, 0.3) is 0 Å². The van der Waals surface area contributed by atoms with Crippen molar-refractivity contribution in [3.05, 3.63) is 42.5 Å². The van der Waals surface area contributed by atoms with E-state index in [9.17, 15) is 0 Å². The monoisotopic (exact) mass is 289 g/mol. The molecule has 2 rings (SSSR count). The molecule has 114 valence electrons. The van der Waals surface area contributed by atoms with Gasteiger partial charge in [0, 0.05) is 31.5 Å². The Morgan fingerprint density at radius 3 is 2.86 bits per heavy atom. The maximum absolute atomic E-state index is 5.60. The molecular formula is C16H23N3O2. The Morgan fingerprint density at radius 1 is 1.33 bits per heavy atom. The van der Waals surface area contributed by atoms with Crippen molar-refractivity contribution in [1.29, 1.82) is 0 Å². The molecule has 2 aromatic rings. The Morgan fingerprint density at radius 2 is 2.19 bits per heavy atom. The van der Waals surface area contributed by atoms with Crippen molar-refractivity contribution < 1.29 is 9.47 Å². The lowest BCUT2D eigenvalue weighted by atomic mass is 10.2. The minimum atomic E-state index is 0.358. The molecule has 1 atom stereocenters. The third-order valence-electron chi connectivity index (χ3n) is 3.23. The van der Waals surface area contributed by atoms with Gasteiger partial charge in [0.05, 0.1) is 20.0 Å². The van der Waals surface area contributed by atoms with E-state index in [1.807, 2.05) is 31.6 Å². The first-order chi connectivity index (χ1) is 10.2. The van der Waals surface area contributed by atoms with Gasteiger partial charge in [-0.3, -0.25) is 0 Å². The number of nitrogens with one attached hydrogen (secondary N) is 1. The Bertz CT molecular complexity index is 540. The van der Waals surface area contributed by atoms with Gasteiger partial charge in [-0.15, -0.1) is 0 Å². The standard InChI is InChI=1S/C16H23N3O2/c1-4-21-16-9-14(5-6-15(16)20-3)10-18-13(2)11-19-8-7-17-12-19/h5-9,12-13,18H,4,10-11H2,1-3H3. The molecular weight excluding hydrogens is 266 g/mol. The van der Waals surface area contributed by atoms with E-state index in [1.54, 1.807) is 13.3 Å². The van der Waals surface area contributed by atoms with Gasteiger partial charge in [0.2, 0.25) is 0 Å². The van der Waals surface area contributed by atoms with Gasteiger partial charge < -0.3 is 19.4 Å². The summed E-state index contributed by atoms with van der Waals surface area (Å²) in [5, 5.41) is 3.50. The van der Waals surface area contributed by atoms with E-state index in [-0.39, 0.29) is 0 Å². The molecule has 1 aromatic heterocycles. The molecule has 0 amide bonds. The van der Waals surface area contributed by atoms with Gasteiger partial charge in [-0.25, -0.2) is 4.98 Å². The van der Waals surface area contributed by atoms with Crippen molar-refractivity contribution >= 4 is 0 Å². The predicted octanol–water partition coefficient (Wildman–Crippen LogP) is 2.47. The van der Waals surface area contributed by atoms with Crippen molar-refractivity contribution in [2.24, 2.45) is 0 Å². The minimum absolute atomic E-state index is 0.358. The van der Waals surface area contributed by atoms with Crippen molar-refractivity contribution in [2.45, 2.75) is 33.0 Å². The fourth-order valence-corrected chi connectivity index (χ4v) is 2.17. The second-order valence-electron chi connectivity index (χ2n) is 4.96. The van der Waals surface area contributed by atoms with Crippen molar-refractivity contribution in [1.82, 2.24) is 14.9 Å². The Labute approximate surface area is 125 Å². The highest BCUT2D eigenvalue weighted by atomic mass is 16.5. The van der Waals surface area contributed by atoms with Crippen LogP contribution in [0.3, 0.4) is 0 Å². The second kappa shape index (κ2) is 7.69. The fourth-order valence-electron chi connectivity index (χ4n) is 2.17. The van der Waals surface area contributed by atoms with E-state index in [2.05, 4.69) is 27.9 Å². The number of hydrogen-bond donors (Lipinski definition) is 1. The zero-order valence-corrected chi connectivity index (χ0v) is 12.9. The molecule has 21 heavy (non-hydrogen) atoms. The summed E-state index contributed by atoms with van der Waals surface area (Å²) < 4.78 is 13.0. The number of hydrogen-bond acceptors (Lipinski definition) is 4. The summed E-state index contributed by atoms with van der Waals surface area (Å²) in [7, 11) is 1.66. The van der Waals surface area contributed by atoms with Gasteiger partial charge in [0.1, 0.15) is 0 Å². The van der Waals surface area contributed by atoms with E-state index in [0.29, 0.717) is 12.6 Å². The van der Waals surface area contributed by atoms with Crippen LogP contribution in [0.4, 0.5) is 0 Å². The lowest BCUT2D eigenvalue weighted by Crippen LogP contribution is -2.29. The van der Waals surface area contributed by atoms with Crippen molar-refractivity contribution in [3.63, 3.8) is 0 Å². The molecule has 5 heteroatoms. The summed E-state index contributed by atoms with van der Waals surface area (Å²) in [4.78, 5) is 4.05. The van der Waals surface area contributed by atoms with Crippen molar-refractivity contribution in [3.8, 4) is 11.5 Å². The highest BCUT2D eigenvalue weighted by molar-refractivity contribution is 5.42. The van der Waals surface area contributed by atoms with E-state index < -0.39 is 0 Å². The van der Waals surface area contributed by atoms with Crippen LogP contribution in [-0.4, -0.2) is 29.3 Å². The fraction of sp³-hybridized carbons (Fsp3) is 0.438. The summed E-state index contributed by atoms with van der Waals surface area (Å²) in [5.74, 6) is 1.56. The molecule has 0 aliphatic rings. The van der Waals surface area contributed by atoms with Crippen LogP contribution in [0.25, 0.3) is 0 Å². The zero-order valence-electron chi connectivity index (χ0n) is 12.9. The molecule has 1 aromatic carbocycles. The van der Waals surface area contributed by atoms with E-state index >= 15 is 0 Å². The van der Waals surface area contributed by atoms with Gasteiger partial charge in [-0.05, 0) is 31.5 Å². The number of ether oxygens (including phenoxy) is 2. The predicted molar refractivity (Wildman–Crippen MR) is 82.7 cm³/mol. The van der Waals surface area contributed by atoms with E-state index in [4.69, 9.17) is 9.47 Å². The minimum Gasteiger partial charge on any atom is -0.493 e. The zero-order chi connectivity index (χ0) is 15.1. The Hall–Kier alpha value is -2.01. The molecule has 0 saturated carbocycles. The molecule has 0 spiro atoms. The number of imidazole rings is 1. The molecule has 0 saturated heterocycles. The number of methoxy groups -OCH3 is 1. The Kier molecular flexibility index (Phi) is 5.63. The van der Waals surface area contributed by atoms with Gasteiger partial charge in [0.15, 0.2) is 11.5 Å². The summed E-state index contributed by atoms with van der Waals surface area (Å²) in [5.41, 5.74) is 1.18. The SMILES string of the molecule is CCOc1cc(CNC(C)Cn2ccnc2)ccc1OC. The van der Waals surface area contributed by atoms with E-state index in [0.717, 1.165) is 24.6 Å². The molecule has 0 fully saturated rings. The van der Waals surface area contributed by atoms with Gasteiger partial charge in [-0.1, -0.05) is 6.07 Å². The highest BCUT2D eigenvalue weighted by Gasteiger charge is 2.07. The molecule has 0 radical (unpaired) electrons. The van der Waals surface area contributed by atoms with Gasteiger partial charge in [-0.2, -0.15) is 0 Å². The van der Waals surface area contributed by atoms with Crippen LogP contribution in [0.15, 0.2) is 36.9 Å². The number of aromatic nitrogens is 2. The molecule has 0 aliphatic heterocycles. The van der Waals surface area contributed by atoms with Crippen LogP contribution in [0.5, 0.6) is 11.5 Å². The van der Waals surface area contributed by atoms with Crippen molar-refractivity contribution in [2.75, 3.05) is 13.7 Å². The lowest BCUT2D eigenvalue weighted by molar-refractivity contribution is 0.310. The summed E-state index contributed by atoms with van der Waals surface area (Å²) in [6.07, 6.45) is 5.60. The first-order valence-corrected chi connectivity index (χ1v) is 7.21. The largest absolute Gasteiger partial charge is 0.493 e. The molecule has 1 N–H and O–H groups in total. The quantitative estimate of drug-likeness (QED) is 0.811. The van der Waals surface area contributed by atoms with Crippen LogP contribution in [0.1, 0.15) is 19.4 Å². The van der Waals surface area contributed by atoms with Crippen LogP contribution >= 0.6 is 0 Å². The van der Waals surface area contributed by atoms with Gasteiger partial charge >= 0.3 is 0 Å². The first kappa shape index (κ1) is 15.4. The summed E-state index contributed by atoms with van der Waals surface area (Å²) in [6, 6.07) is 6.39. The van der Waals surface area contributed by atoms with Crippen LogP contribution < -0.4 is 14.8 Å². The molecule has 1 heterocycles. The first-order valence-electron chi connectivity index (χ1n) is 7.21. The number of nitrogens with zero attached hydrogens (tertiary/aromatic N) is 2.